The minimum atomic E-state index is 0.523. The van der Waals surface area contributed by atoms with Gasteiger partial charge in [0.05, 0.1) is 5.69 Å². The van der Waals surface area contributed by atoms with Crippen LogP contribution in [0.25, 0.3) is 0 Å². The van der Waals surface area contributed by atoms with Gasteiger partial charge in [-0.15, -0.1) is 0 Å². The van der Waals surface area contributed by atoms with E-state index in [0.717, 1.165) is 12.8 Å². The Hall–Kier alpha value is -1.61. The molecule has 1 aromatic heterocycles. The van der Waals surface area contributed by atoms with Gasteiger partial charge in [-0.3, -0.25) is 4.68 Å². The van der Waals surface area contributed by atoms with E-state index in [4.69, 9.17) is 0 Å². The number of benzene rings is 1. The molecule has 0 saturated carbocycles. The maximum atomic E-state index is 4.51. The zero-order valence-electron chi connectivity index (χ0n) is 13.7. The summed E-state index contributed by atoms with van der Waals surface area (Å²) in [6.07, 6.45) is 4.63. The monoisotopic (exact) mass is 285 g/mol. The van der Waals surface area contributed by atoms with Crippen LogP contribution in [0.3, 0.4) is 0 Å². The number of aryl methyl sites for hydroxylation is 3. The molecule has 0 amide bonds. The van der Waals surface area contributed by atoms with Gasteiger partial charge >= 0.3 is 0 Å². The molecule has 2 aromatic rings. The Bertz CT molecular complexity index is 557. The van der Waals surface area contributed by atoms with Crippen LogP contribution in [0, 0.1) is 13.8 Å². The van der Waals surface area contributed by atoms with Crippen LogP contribution < -0.4 is 5.32 Å². The lowest BCUT2D eigenvalue weighted by atomic mass is 9.98. The quantitative estimate of drug-likeness (QED) is 0.846. The van der Waals surface area contributed by atoms with Crippen LogP contribution in [0.15, 0.2) is 30.3 Å². The smallest absolute Gasteiger partial charge is 0.0628 e. The number of rotatable bonds is 7. The molecular weight excluding hydrogens is 258 g/mol. The van der Waals surface area contributed by atoms with Gasteiger partial charge < -0.3 is 5.32 Å². The van der Waals surface area contributed by atoms with E-state index in [1.807, 2.05) is 11.7 Å². The van der Waals surface area contributed by atoms with Crippen molar-refractivity contribution in [2.24, 2.45) is 7.05 Å². The third kappa shape index (κ3) is 4.18. The standard InChI is InChI=1S/C18H27N3/c1-14-18(15(2)21(4)20-14)13-17(19-3)12-8-11-16-9-6-5-7-10-16/h5-7,9-10,17,19H,8,11-13H2,1-4H3. The molecule has 0 aliphatic rings. The normalized spacial score (nSPS) is 12.6. The van der Waals surface area contributed by atoms with Gasteiger partial charge in [-0.2, -0.15) is 5.10 Å². The van der Waals surface area contributed by atoms with E-state index in [1.54, 1.807) is 0 Å². The highest BCUT2D eigenvalue weighted by molar-refractivity contribution is 5.25. The van der Waals surface area contributed by atoms with Crippen LogP contribution in [-0.2, 0) is 19.9 Å². The zero-order chi connectivity index (χ0) is 15.2. The summed E-state index contributed by atoms with van der Waals surface area (Å²) >= 11 is 0. The second-order valence-electron chi connectivity index (χ2n) is 5.84. The van der Waals surface area contributed by atoms with E-state index in [0.29, 0.717) is 6.04 Å². The Labute approximate surface area is 128 Å². The fourth-order valence-corrected chi connectivity index (χ4v) is 2.91. The number of likely N-dealkylation sites (N-methyl/N-ethyl adjacent to an activating group) is 1. The fraction of sp³-hybridized carbons (Fsp3) is 0.500. The van der Waals surface area contributed by atoms with Crippen LogP contribution in [0.4, 0.5) is 0 Å². The second-order valence-corrected chi connectivity index (χ2v) is 5.84. The highest BCUT2D eigenvalue weighted by Crippen LogP contribution is 2.16. The molecule has 3 heteroatoms. The number of aromatic nitrogens is 2. The van der Waals surface area contributed by atoms with Gasteiger partial charge in [0.1, 0.15) is 0 Å². The van der Waals surface area contributed by atoms with Crippen LogP contribution in [0.2, 0.25) is 0 Å². The Kier molecular flexibility index (Phi) is 5.57. The van der Waals surface area contributed by atoms with Gasteiger partial charge in [-0.25, -0.2) is 0 Å². The molecule has 0 spiro atoms. The molecule has 0 fully saturated rings. The lowest BCUT2D eigenvalue weighted by molar-refractivity contribution is 0.500. The first-order valence-electron chi connectivity index (χ1n) is 7.82. The van der Waals surface area contributed by atoms with Crippen molar-refractivity contribution in [1.29, 1.82) is 0 Å². The predicted octanol–water partition coefficient (Wildman–Crippen LogP) is 3.19. The highest BCUT2D eigenvalue weighted by Gasteiger charge is 2.14. The van der Waals surface area contributed by atoms with Crippen molar-refractivity contribution in [2.75, 3.05) is 7.05 Å². The first-order chi connectivity index (χ1) is 10.1. The molecule has 2 rings (SSSR count). The molecule has 21 heavy (non-hydrogen) atoms. The summed E-state index contributed by atoms with van der Waals surface area (Å²) in [5, 5.41) is 7.98. The molecule has 3 nitrogen and oxygen atoms in total. The Balaban J connectivity index is 1.88. The van der Waals surface area contributed by atoms with E-state index >= 15 is 0 Å². The molecule has 1 heterocycles. The van der Waals surface area contributed by atoms with E-state index in [1.165, 1.54) is 35.4 Å². The lowest BCUT2D eigenvalue weighted by Crippen LogP contribution is -2.28. The summed E-state index contributed by atoms with van der Waals surface area (Å²) < 4.78 is 1.99. The Morgan fingerprint density at radius 2 is 1.90 bits per heavy atom. The molecule has 0 radical (unpaired) electrons. The van der Waals surface area contributed by atoms with E-state index < -0.39 is 0 Å². The van der Waals surface area contributed by atoms with E-state index in [-0.39, 0.29) is 0 Å². The van der Waals surface area contributed by atoms with Crippen molar-refractivity contribution < 1.29 is 0 Å². The van der Waals surface area contributed by atoms with Gasteiger partial charge in [-0.05, 0) is 57.7 Å². The molecule has 0 aliphatic heterocycles. The number of nitrogens with one attached hydrogen (secondary N) is 1. The van der Waals surface area contributed by atoms with Gasteiger partial charge in [-0.1, -0.05) is 30.3 Å². The molecule has 0 saturated heterocycles. The average molecular weight is 285 g/mol. The van der Waals surface area contributed by atoms with Crippen molar-refractivity contribution in [3.63, 3.8) is 0 Å². The summed E-state index contributed by atoms with van der Waals surface area (Å²) in [6.45, 7) is 4.27. The van der Waals surface area contributed by atoms with Crippen LogP contribution >= 0.6 is 0 Å². The van der Waals surface area contributed by atoms with Gasteiger partial charge in [0.25, 0.3) is 0 Å². The third-order valence-corrected chi connectivity index (χ3v) is 4.38. The number of nitrogens with zero attached hydrogens (tertiary/aromatic N) is 2. The number of hydrogen-bond acceptors (Lipinski definition) is 2. The number of hydrogen-bond donors (Lipinski definition) is 1. The summed E-state index contributed by atoms with van der Waals surface area (Å²) in [7, 11) is 4.09. The molecule has 1 unspecified atom stereocenters. The SMILES string of the molecule is CNC(CCCc1ccccc1)Cc1c(C)nn(C)c1C. The first-order valence-corrected chi connectivity index (χ1v) is 7.82. The summed E-state index contributed by atoms with van der Waals surface area (Å²) in [4.78, 5) is 0. The second kappa shape index (κ2) is 7.41. The minimum Gasteiger partial charge on any atom is -0.317 e. The molecule has 114 valence electrons. The third-order valence-electron chi connectivity index (χ3n) is 4.38. The van der Waals surface area contributed by atoms with Crippen molar-refractivity contribution in [3.05, 3.63) is 52.8 Å². The Morgan fingerprint density at radius 1 is 1.19 bits per heavy atom. The van der Waals surface area contributed by atoms with Gasteiger partial charge in [0.15, 0.2) is 0 Å². The fourth-order valence-electron chi connectivity index (χ4n) is 2.91. The molecule has 1 N–H and O–H groups in total. The Morgan fingerprint density at radius 3 is 2.48 bits per heavy atom. The maximum Gasteiger partial charge on any atom is 0.0628 e. The summed E-state index contributed by atoms with van der Waals surface area (Å²) in [6, 6.07) is 11.3. The summed E-state index contributed by atoms with van der Waals surface area (Å²) in [5.41, 5.74) is 5.28. The van der Waals surface area contributed by atoms with Crippen molar-refractivity contribution in [1.82, 2.24) is 15.1 Å². The van der Waals surface area contributed by atoms with Crippen molar-refractivity contribution >= 4 is 0 Å². The first kappa shape index (κ1) is 15.8. The summed E-state index contributed by atoms with van der Waals surface area (Å²) in [5.74, 6) is 0. The van der Waals surface area contributed by atoms with Gasteiger partial charge in [0, 0.05) is 18.8 Å². The van der Waals surface area contributed by atoms with E-state index in [2.05, 4.69) is 61.6 Å². The molecular formula is C18H27N3. The molecule has 1 atom stereocenters. The predicted molar refractivity (Wildman–Crippen MR) is 88.6 cm³/mol. The van der Waals surface area contributed by atoms with Gasteiger partial charge in [0.2, 0.25) is 0 Å². The average Bonchev–Trinajstić information content (AvgIpc) is 2.73. The van der Waals surface area contributed by atoms with E-state index in [9.17, 15) is 0 Å². The maximum absolute atomic E-state index is 4.51. The van der Waals surface area contributed by atoms with Crippen molar-refractivity contribution in [3.8, 4) is 0 Å². The molecule has 1 aromatic carbocycles. The van der Waals surface area contributed by atoms with Crippen LogP contribution in [0.1, 0.15) is 35.4 Å². The highest BCUT2D eigenvalue weighted by atomic mass is 15.3. The lowest BCUT2D eigenvalue weighted by Gasteiger charge is -2.16. The van der Waals surface area contributed by atoms with Crippen LogP contribution in [0.5, 0.6) is 0 Å². The largest absolute Gasteiger partial charge is 0.317 e. The topological polar surface area (TPSA) is 29.9 Å². The van der Waals surface area contributed by atoms with Crippen LogP contribution in [-0.4, -0.2) is 22.9 Å². The zero-order valence-corrected chi connectivity index (χ0v) is 13.7. The molecule has 0 aliphatic carbocycles. The van der Waals surface area contributed by atoms with Crippen molar-refractivity contribution in [2.45, 2.75) is 45.6 Å². The minimum absolute atomic E-state index is 0.523. The molecule has 0 bridgehead atoms.